The quantitative estimate of drug-likeness (QED) is 0.886. The molecule has 0 aliphatic heterocycles. The Hall–Kier alpha value is -1.07. The summed E-state index contributed by atoms with van der Waals surface area (Å²) in [6, 6.07) is 5.09. The molecule has 2 aromatic rings. The van der Waals surface area contributed by atoms with Crippen molar-refractivity contribution in [3.05, 3.63) is 50.8 Å². The first-order valence-corrected chi connectivity index (χ1v) is 7.48. The predicted molar refractivity (Wildman–Crippen MR) is 85.8 cm³/mol. The number of aliphatic hydroxyl groups excluding tert-OH is 1. The summed E-state index contributed by atoms with van der Waals surface area (Å²) in [6.45, 7) is 5.06. The molecule has 114 valence electrons. The smallest absolute Gasteiger partial charge is 0.0929 e. The van der Waals surface area contributed by atoms with Gasteiger partial charge in [-0.05, 0) is 32.0 Å². The maximum atomic E-state index is 10.2. The third-order valence-electron chi connectivity index (χ3n) is 3.62. The van der Waals surface area contributed by atoms with E-state index in [1.54, 1.807) is 18.2 Å². The fourth-order valence-corrected chi connectivity index (χ4v) is 2.71. The molecule has 0 bridgehead atoms. The van der Waals surface area contributed by atoms with Crippen molar-refractivity contribution in [2.45, 2.75) is 26.5 Å². The van der Waals surface area contributed by atoms with Crippen molar-refractivity contribution in [2.75, 3.05) is 6.54 Å². The summed E-state index contributed by atoms with van der Waals surface area (Å²) in [6.07, 6.45) is -0.700. The number of rotatable bonds is 5. The molecule has 1 atom stereocenters. The van der Waals surface area contributed by atoms with E-state index in [1.165, 1.54) is 0 Å². The van der Waals surface area contributed by atoms with E-state index in [2.05, 4.69) is 10.4 Å². The molecule has 4 nitrogen and oxygen atoms in total. The maximum absolute atomic E-state index is 10.2. The number of aromatic nitrogens is 2. The van der Waals surface area contributed by atoms with Gasteiger partial charge in [0.25, 0.3) is 0 Å². The van der Waals surface area contributed by atoms with Crippen LogP contribution in [0.25, 0.3) is 0 Å². The number of nitrogens with one attached hydrogen (secondary N) is 1. The van der Waals surface area contributed by atoms with Crippen molar-refractivity contribution in [2.24, 2.45) is 7.05 Å². The molecule has 1 aromatic heterocycles. The zero-order chi connectivity index (χ0) is 15.6. The van der Waals surface area contributed by atoms with Crippen molar-refractivity contribution in [3.63, 3.8) is 0 Å². The number of benzene rings is 1. The molecule has 1 unspecified atom stereocenters. The lowest BCUT2D eigenvalue weighted by molar-refractivity contribution is 0.174. The molecule has 0 saturated heterocycles. The van der Waals surface area contributed by atoms with Gasteiger partial charge < -0.3 is 10.4 Å². The Balaban J connectivity index is 1.98. The Morgan fingerprint density at radius 2 is 2.05 bits per heavy atom. The number of hydrogen-bond donors (Lipinski definition) is 2. The van der Waals surface area contributed by atoms with Crippen LogP contribution in [0.1, 0.15) is 28.6 Å². The maximum Gasteiger partial charge on any atom is 0.0929 e. The molecule has 1 aromatic carbocycles. The Labute approximate surface area is 134 Å². The minimum atomic E-state index is -0.700. The number of nitrogens with zero attached hydrogens (tertiary/aromatic N) is 2. The molecule has 2 rings (SSSR count). The van der Waals surface area contributed by atoms with E-state index in [0.717, 1.165) is 17.0 Å². The Morgan fingerprint density at radius 1 is 1.33 bits per heavy atom. The third kappa shape index (κ3) is 3.77. The minimum Gasteiger partial charge on any atom is -0.387 e. The van der Waals surface area contributed by atoms with Gasteiger partial charge in [-0.1, -0.05) is 23.2 Å². The molecule has 0 saturated carbocycles. The first-order valence-electron chi connectivity index (χ1n) is 6.73. The number of halogens is 2. The molecule has 6 heteroatoms. The van der Waals surface area contributed by atoms with E-state index in [4.69, 9.17) is 23.2 Å². The van der Waals surface area contributed by atoms with Crippen LogP contribution < -0.4 is 5.32 Å². The second-order valence-electron chi connectivity index (χ2n) is 5.09. The van der Waals surface area contributed by atoms with E-state index in [1.807, 2.05) is 25.6 Å². The van der Waals surface area contributed by atoms with Gasteiger partial charge in [0.2, 0.25) is 0 Å². The SMILES string of the molecule is Cc1nn(C)c(C)c1CNCC(O)c1cc(Cl)ccc1Cl. The fraction of sp³-hybridized carbons (Fsp3) is 0.400. The second-order valence-corrected chi connectivity index (χ2v) is 5.93. The van der Waals surface area contributed by atoms with Crippen LogP contribution in [0.5, 0.6) is 0 Å². The minimum absolute atomic E-state index is 0.397. The van der Waals surface area contributed by atoms with Crippen molar-refractivity contribution in [1.29, 1.82) is 0 Å². The summed E-state index contributed by atoms with van der Waals surface area (Å²) in [5.74, 6) is 0. The van der Waals surface area contributed by atoms with Gasteiger partial charge in [0.05, 0.1) is 11.8 Å². The normalized spacial score (nSPS) is 12.7. The molecule has 0 radical (unpaired) electrons. The van der Waals surface area contributed by atoms with E-state index in [0.29, 0.717) is 28.7 Å². The highest BCUT2D eigenvalue weighted by molar-refractivity contribution is 6.33. The molecular weight excluding hydrogens is 309 g/mol. The van der Waals surface area contributed by atoms with Gasteiger partial charge in [0.1, 0.15) is 0 Å². The third-order valence-corrected chi connectivity index (χ3v) is 4.19. The van der Waals surface area contributed by atoms with Crippen LogP contribution in [0.15, 0.2) is 18.2 Å². The standard InChI is InChI=1S/C15H19Cl2N3O/c1-9-13(10(2)20(3)19-9)7-18-8-15(21)12-6-11(16)4-5-14(12)17/h4-6,15,18,21H,7-8H2,1-3H3. The second kappa shape index (κ2) is 6.79. The average Bonchev–Trinajstić information content (AvgIpc) is 2.67. The van der Waals surface area contributed by atoms with Crippen LogP contribution in [0.4, 0.5) is 0 Å². The van der Waals surface area contributed by atoms with Crippen molar-refractivity contribution >= 4 is 23.2 Å². The van der Waals surface area contributed by atoms with Gasteiger partial charge >= 0.3 is 0 Å². The average molecular weight is 328 g/mol. The lowest BCUT2D eigenvalue weighted by atomic mass is 10.1. The first kappa shape index (κ1) is 16.3. The van der Waals surface area contributed by atoms with Gasteiger partial charge in [-0.2, -0.15) is 5.10 Å². The lowest BCUT2D eigenvalue weighted by Gasteiger charge is -2.14. The molecule has 0 spiro atoms. The highest BCUT2D eigenvalue weighted by Gasteiger charge is 2.13. The highest BCUT2D eigenvalue weighted by atomic mass is 35.5. The summed E-state index contributed by atoms with van der Waals surface area (Å²) in [5.41, 5.74) is 3.91. The molecule has 0 aliphatic rings. The van der Waals surface area contributed by atoms with Gasteiger partial charge in [0, 0.05) is 47.0 Å². The molecule has 21 heavy (non-hydrogen) atoms. The van der Waals surface area contributed by atoms with Gasteiger partial charge in [-0.3, -0.25) is 4.68 Å². The number of hydrogen-bond acceptors (Lipinski definition) is 3. The summed E-state index contributed by atoms with van der Waals surface area (Å²) in [5, 5.41) is 18.9. The monoisotopic (exact) mass is 327 g/mol. The topological polar surface area (TPSA) is 50.1 Å². The van der Waals surface area contributed by atoms with Crippen LogP contribution in [0.3, 0.4) is 0 Å². The molecule has 0 fully saturated rings. The zero-order valence-corrected chi connectivity index (χ0v) is 13.8. The van der Waals surface area contributed by atoms with Crippen LogP contribution in [0, 0.1) is 13.8 Å². The zero-order valence-electron chi connectivity index (χ0n) is 12.3. The Morgan fingerprint density at radius 3 is 2.67 bits per heavy atom. The largest absolute Gasteiger partial charge is 0.387 e. The summed E-state index contributed by atoms with van der Waals surface area (Å²) in [4.78, 5) is 0. The fourth-order valence-electron chi connectivity index (χ4n) is 2.29. The van der Waals surface area contributed by atoms with Gasteiger partial charge in [-0.15, -0.1) is 0 Å². The van der Waals surface area contributed by atoms with Crippen LogP contribution in [-0.4, -0.2) is 21.4 Å². The van der Waals surface area contributed by atoms with Crippen LogP contribution in [-0.2, 0) is 13.6 Å². The molecule has 2 N–H and O–H groups in total. The van der Waals surface area contributed by atoms with E-state index in [9.17, 15) is 5.11 Å². The molecule has 1 heterocycles. The molecular formula is C15H19Cl2N3O. The predicted octanol–water partition coefficient (Wildman–Crippen LogP) is 3.17. The highest BCUT2D eigenvalue weighted by Crippen LogP contribution is 2.26. The van der Waals surface area contributed by atoms with Gasteiger partial charge in [0.15, 0.2) is 0 Å². The van der Waals surface area contributed by atoms with E-state index >= 15 is 0 Å². The Bertz CT molecular complexity index is 640. The Kier molecular flexibility index (Phi) is 5.27. The van der Waals surface area contributed by atoms with Gasteiger partial charge in [-0.25, -0.2) is 0 Å². The van der Waals surface area contributed by atoms with Crippen molar-refractivity contribution in [3.8, 4) is 0 Å². The van der Waals surface area contributed by atoms with E-state index in [-0.39, 0.29) is 0 Å². The first-order chi connectivity index (χ1) is 9.90. The summed E-state index contributed by atoms with van der Waals surface area (Å²) in [7, 11) is 1.92. The summed E-state index contributed by atoms with van der Waals surface area (Å²) < 4.78 is 1.86. The number of aryl methyl sites for hydroxylation is 2. The summed E-state index contributed by atoms with van der Waals surface area (Å²) >= 11 is 12.0. The van der Waals surface area contributed by atoms with Crippen molar-refractivity contribution < 1.29 is 5.11 Å². The van der Waals surface area contributed by atoms with E-state index < -0.39 is 6.10 Å². The number of aliphatic hydroxyl groups is 1. The van der Waals surface area contributed by atoms with Crippen LogP contribution >= 0.6 is 23.2 Å². The van der Waals surface area contributed by atoms with Crippen LogP contribution in [0.2, 0.25) is 10.0 Å². The van der Waals surface area contributed by atoms with Crippen molar-refractivity contribution in [1.82, 2.24) is 15.1 Å². The lowest BCUT2D eigenvalue weighted by Crippen LogP contribution is -2.22. The molecule has 0 amide bonds. The molecule has 0 aliphatic carbocycles.